The van der Waals surface area contributed by atoms with Crippen LogP contribution in [-0.4, -0.2) is 56.7 Å². The summed E-state index contributed by atoms with van der Waals surface area (Å²) in [5.41, 5.74) is 0.354. The van der Waals surface area contributed by atoms with E-state index in [4.69, 9.17) is 14.2 Å². The van der Waals surface area contributed by atoms with Crippen LogP contribution in [0.4, 0.5) is 0 Å². The highest BCUT2D eigenvalue weighted by molar-refractivity contribution is 5.76. The number of likely N-dealkylation sites (N-methyl/N-ethyl adjacent to an activating group) is 1. The van der Waals surface area contributed by atoms with Gasteiger partial charge in [-0.2, -0.15) is 0 Å². The first-order valence-electron chi connectivity index (χ1n) is 9.10. The van der Waals surface area contributed by atoms with E-state index >= 15 is 0 Å². The van der Waals surface area contributed by atoms with Crippen molar-refractivity contribution in [1.82, 2.24) is 5.32 Å². The molecular weight excluding hydrogens is 334 g/mol. The molecule has 0 heterocycles. The van der Waals surface area contributed by atoms with E-state index in [-0.39, 0.29) is 31.3 Å². The lowest BCUT2D eigenvalue weighted by Crippen LogP contribution is -2.46. The van der Waals surface area contributed by atoms with Crippen molar-refractivity contribution in [3.8, 4) is 0 Å². The van der Waals surface area contributed by atoms with Crippen LogP contribution in [-0.2, 0) is 25.6 Å². The molecule has 0 unspecified atom stereocenters. The minimum absolute atomic E-state index is 0.00443. The molecule has 26 heavy (non-hydrogen) atoms. The normalized spacial score (nSPS) is 14.0. The molecule has 0 aromatic heterocycles. The average molecular weight is 367 g/mol. The number of carbonyl (C=O) groups is 1. The van der Waals surface area contributed by atoms with E-state index in [9.17, 15) is 9.90 Å². The Morgan fingerprint density at radius 1 is 1.27 bits per heavy atom. The van der Waals surface area contributed by atoms with Crippen LogP contribution in [0.2, 0.25) is 0 Å². The van der Waals surface area contributed by atoms with Gasteiger partial charge in [0.25, 0.3) is 0 Å². The fourth-order valence-corrected chi connectivity index (χ4v) is 2.65. The third kappa shape index (κ3) is 7.83. The molecule has 0 spiro atoms. The van der Waals surface area contributed by atoms with Gasteiger partial charge in [-0.3, -0.25) is 4.79 Å². The lowest BCUT2D eigenvalue weighted by molar-refractivity contribution is -0.159. The summed E-state index contributed by atoms with van der Waals surface area (Å²) in [4.78, 5) is 12.3. The SMILES string of the molecule is CCN[C@@H](COC(=O)C(C)(C)COC)[C@@H](CCO)OCc1ccccc1. The number of benzene rings is 1. The number of nitrogens with one attached hydrogen (secondary N) is 1. The number of hydrogen-bond donors (Lipinski definition) is 2. The van der Waals surface area contributed by atoms with Crippen molar-refractivity contribution in [2.45, 2.75) is 45.9 Å². The minimum Gasteiger partial charge on any atom is -0.463 e. The quantitative estimate of drug-likeness (QED) is 0.520. The molecule has 0 aliphatic rings. The molecule has 0 amide bonds. The van der Waals surface area contributed by atoms with Crippen molar-refractivity contribution in [3.63, 3.8) is 0 Å². The van der Waals surface area contributed by atoms with Gasteiger partial charge >= 0.3 is 5.97 Å². The van der Waals surface area contributed by atoms with E-state index in [2.05, 4.69) is 5.32 Å². The van der Waals surface area contributed by atoms with Crippen molar-refractivity contribution in [2.24, 2.45) is 5.41 Å². The third-order valence-corrected chi connectivity index (χ3v) is 4.09. The Hall–Kier alpha value is -1.47. The predicted molar refractivity (Wildman–Crippen MR) is 101 cm³/mol. The summed E-state index contributed by atoms with van der Waals surface area (Å²) >= 11 is 0. The molecular formula is C20H33NO5. The van der Waals surface area contributed by atoms with Crippen LogP contribution >= 0.6 is 0 Å². The van der Waals surface area contributed by atoms with Gasteiger partial charge in [0.05, 0.1) is 30.8 Å². The molecule has 0 bridgehead atoms. The molecule has 0 radical (unpaired) electrons. The zero-order valence-electron chi connectivity index (χ0n) is 16.4. The van der Waals surface area contributed by atoms with Gasteiger partial charge in [-0.05, 0) is 32.4 Å². The summed E-state index contributed by atoms with van der Waals surface area (Å²) in [5, 5.41) is 12.7. The first kappa shape index (κ1) is 22.6. The maximum Gasteiger partial charge on any atom is 0.313 e. The van der Waals surface area contributed by atoms with Gasteiger partial charge < -0.3 is 24.6 Å². The molecule has 0 aliphatic heterocycles. The maximum absolute atomic E-state index is 12.3. The predicted octanol–water partition coefficient (Wildman–Crippen LogP) is 2.15. The van der Waals surface area contributed by atoms with Gasteiger partial charge in [-0.1, -0.05) is 37.3 Å². The first-order chi connectivity index (χ1) is 12.4. The second-order valence-electron chi connectivity index (χ2n) is 6.93. The number of carbonyl (C=O) groups excluding carboxylic acids is 1. The molecule has 0 aliphatic carbocycles. The van der Waals surface area contributed by atoms with E-state index < -0.39 is 5.41 Å². The van der Waals surface area contributed by atoms with E-state index in [1.165, 1.54) is 0 Å². The summed E-state index contributed by atoms with van der Waals surface area (Å²) in [6, 6.07) is 9.66. The molecule has 6 nitrogen and oxygen atoms in total. The van der Waals surface area contributed by atoms with E-state index in [1.54, 1.807) is 21.0 Å². The molecule has 2 atom stereocenters. The molecule has 0 fully saturated rings. The highest BCUT2D eigenvalue weighted by atomic mass is 16.5. The maximum atomic E-state index is 12.3. The second-order valence-corrected chi connectivity index (χ2v) is 6.93. The summed E-state index contributed by atoms with van der Waals surface area (Å²) in [6.07, 6.45) is 0.197. The number of methoxy groups -OCH3 is 1. The van der Waals surface area contributed by atoms with Gasteiger partial charge in [-0.15, -0.1) is 0 Å². The topological polar surface area (TPSA) is 77.0 Å². The number of aliphatic hydroxyl groups is 1. The molecule has 148 valence electrons. The van der Waals surface area contributed by atoms with Gasteiger partial charge in [0.1, 0.15) is 6.61 Å². The summed E-state index contributed by atoms with van der Waals surface area (Å²) in [6.45, 7) is 7.19. The highest BCUT2D eigenvalue weighted by Crippen LogP contribution is 2.18. The van der Waals surface area contributed by atoms with E-state index in [0.29, 0.717) is 26.2 Å². The van der Waals surface area contributed by atoms with Gasteiger partial charge in [0.2, 0.25) is 0 Å². The Morgan fingerprint density at radius 2 is 1.96 bits per heavy atom. The van der Waals surface area contributed by atoms with Crippen LogP contribution in [0.3, 0.4) is 0 Å². The van der Waals surface area contributed by atoms with Crippen LogP contribution in [0.15, 0.2) is 30.3 Å². The minimum atomic E-state index is -0.705. The average Bonchev–Trinajstić information content (AvgIpc) is 2.62. The standard InChI is InChI=1S/C20H33NO5/c1-5-21-17(14-26-19(23)20(2,3)15-24-4)18(11-12-22)25-13-16-9-7-6-8-10-16/h6-10,17-18,21-22H,5,11-15H2,1-4H3/t17-,18+/m0/s1. The van der Waals surface area contributed by atoms with Crippen LogP contribution in [0.25, 0.3) is 0 Å². The molecule has 0 saturated heterocycles. The molecule has 1 rings (SSSR count). The zero-order valence-corrected chi connectivity index (χ0v) is 16.4. The Balaban J connectivity index is 2.67. The van der Waals surface area contributed by atoms with Crippen LogP contribution < -0.4 is 5.32 Å². The highest BCUT2D eigenvalue weighted by Gasteiger charge is 2.31. The third-order valence-electron chi connectivity index (χ3n) is 4.09. The molecule has 1 aromatic rings. The van der Waals surface area contributed by atoms with Crippen molar-refractivity contribution >= 4 is 5.97 Å². The first-order valence-corrected chi connectivity index (χ1v) is 9.10. The number of hydrogen-bond acceptors (Lipinski definition) is 6. The Labute approximate surface area is 156 Å². The van der Waals surface area contributed by atoms with Gasteiger partial charge in [0, 0.05) is 13.7 Å². The van der Waals surface area contributed by atoms with Gasteiger partial charge in [0.15, 0.2) is 0 Å². The molecule has 0 saturated carbocycles. The van der Waals surface area contributed by atoms with E-state index in [0.717, 1.165) is 5.56 Å². The number of esters is 1. The number of aliphatic hydroxyl groups excluding tert-OH is 1. The lowest BCUT2D eigenvalue weighted by atomic mass is 9.95. The number of rotatable bonds is 13. The Kier molecular flexibility index (Phi) is 10.4. The van der Waals surface area contributed by atoms with Gasteiger partial charge in [-0.25, -0.2) is 0 Å². The smallest absolute Gasteiger partial charge is 0.313 e. The molecule has 1 aromatic carbocycles. The van der Waals surface area contributed by atoms with Crippen molar-refractivity contribution < 1.29 is 24.1 Å². The molecule has 6 heteroatoms. The summed E-state index contributed by atoms with van der Waals surface area (Å²) in [5.74, 6) is -0.312. The lowest BCUT2D eigenvalue weighted by Gasteiger charge is -2.29. The number of ether oxygens (including phenoxy) is 3. The van der Waals surface area contributed by atoms with Crippen LogP contribution in [0.5, 0.6) is 0 Å². The second kappa shape index (κ2) is 12.0. The summed E-state index contributed by atoms with van der Waals surface area (Å²) < 4.78 is 16.6. The largest absolute Gasteiger partial charge is 0.463 e. The van der Waals surface area contributed by atoms with E-state index in [1.807, 2.05) is 37.3 Å². The van der Waals surface area contributed by atoms with Crippen molar-refractivity contribution in [3.05, 3.63) is 35.9 Å². The molecule has 2 N–H and O–H groups in total. The van der Waals surface area contributed by atoms with Crippen LogP contribution in [0.1, 0.15) is 32.8 Å². The monoisotopic (exact) mass is 367 g/mol. The fourth-order valence-electron chi connectivity index (χ4n) is 2.65. The zero-order chi connectivity index (χ0) is 19.4. The van der Waals surface area contributed by atoms with Crippen molar-refractivity contribution in [1.29, 1.82) is 0 Å². The summed E-state index contributed by atoms with van der Waals surface area (Å²) in [7, 11) is 1.56. The Morgan fingerprint density at radius 3 is 2.54 bits per heavy atom. The fraction of sp³-hybridized carbons (Fsp3) is 0.650. The van der Waals surface area contributed by atoms with Crippen LogP contribution in [0, 0.1) is 5.41 Å². The van der Waals surface area contributed by atoms with Crippen molar-refractivity contribution in [2.75, 3.05) is 33.5 Å². The Bertz CT molecular complexity index is 506.